The largest absolute Gasteiger partial charge is 0.356 e. The van der Waals surface area contributed by atoms with Gasteiger partial charge in [0, 0.05) is 25.5 Å². The van der Waals surface area contributed by atoms with Crippen molar-refractivity contribution in [3.63, 3.8) is 0 Å². The zero-order chi connectivity index (χ0) is 22.0. The van der Waals surface area contributed by atoms with E-state index in [1.807, 2.05) is 0 Å². The van der Waals surface area contributed by atoms with E-state index in [2.05, 4.69) is 66.4 Å². The molecular formula is C29H50N2. The second-order valence-corrected chi connectivity index (χ2v) is 9.56. The SMILES string of the molecule is CCCCCCCCCCC1N(CCCCCCCCC)C=CN1Cc1ccccc1. The van der Waals surface area contributed by atoms with Crippen molar-refractivity contribution in [2.24, 2.45) is 0 Å². The normalized spacial score (nSPS) is 15.9. The Morgan fingerprint density at radius 2 is 1.10 bits per heavy atom. The van der Waals surface area contributed by atoms with E-state index in [9.17, 15) is 0 Å². The average Bonchev–Trinajstić information content (AvgIpc) is 3.17. The van der Waals surface area contributed by atoms with E-state index in [1.165, 1.54) is 115 Å². The molecule has 2 nitrogen and oxygen atoms in total. The Balaban J connectivity index is 1.73. The minimum Gasteiger partial charge on any atom is -0.356 e. The molecule has 0 aliphatic carbocycles. The molecule has 1 aliphatic heterocycles. The molecule has 0 radical (unpaired) electrons. The molecule has 0 amide bonds. The molecule has 0 saturated carbocycles. The predicted molar refractivity (Wildman–Crippen MR) is 137 cm³/mol. The lowest BCUT2D eigenvalue weighted by Crippen LogP contribution is -2.38. The first-order chi connectivity index (χ1) is 15.3. The summed E-state index contributed by atoms with van der Waals surface area (Å²) >= 11 is 0. The van der Waals surface area contributed by atoms with Crippen molar-refractivity contribution in [2.75, 3.05) is 6.54 Å². The average molecular weight is 427 g/mol. The standard InChI is InChI=1S/C29H50N2/c1-3-5-7-9-11-12-14-19-23-29-30(24-20-15-13-10-8-6-4-2)25-26-31(29)27-28-21-17-16-18-22-28/h16-18,21-22,25-26,29H,3-15,19-20,23-24,27H2,1-2H3. The van der Waals surface area contributed by atoms with Crippen LogP contribution in [0.15, 0.2) is 42.7 Å². The van der Waals surface area contributed by atoms with Crippen LogP contribution < -0.4 is 0 Å². The number of benzene rings is 1. The molecule has 1 aromatic carbocycles. The summed E-state index contributed by atoms with van der Waals surface area (Å²) in [6.45, 7) is 6.85. The van der Waals surface area contributed by atoms with E-state index < -0.39 is 0 Å². The van der Waals surface area contributed by atoms with Gasteiger partial charge in [-0.2, -0.15) is 0 Å². The molecule has 0 spiro atoms. The van der Waals surface area contributed by atoms with Crippen LogP contribution in [0.1, 0.15) is 122 Å². The van der Waals surface area contributed by atoms with Crippen molar-refractivity contribution in [2.45, 2.75) is 129 Å². The van der Waals surface area contributed by atoms with Crippen molar-refractivity contribution in [1.29, 1.82) is 0 Å². The smallest absolute Gasteiger partial charge is 0.101 e. The molecule has 1 heterocycles. The zero-order valence-corrected chi connectivity index (χ0v) is 20.7. The van der Waals surface area contributed by atoms with Crippen LogP contribution in [0, 0.1) is 0 Å². The van der Waals surface area contributed by atoms with Crippen molar-refractivity contribution in [3.05, 3.63) is 48.3 Å². The van der Waals surface area contributed by atoms with Crippen LogP contribution in [0.5, 0.6) is 0 Å². The van der Waals surface area contributed by atoms with Crippen LogP contribution in [-0.4, -0.2) is 22.5 Å². The van der Waals surface area contributed by atoms with Gasteiger partial charge >= 0.3 is 0 Å². The molecular weight excluding hydrogens is 376 g/mol. The van der Waals surface area contributed by atoms with E-state index in [0.717, 1.165) is 6.54 Å². The fourth-order valence-corrected chi connectivity index (χ4v) is 4.78. The Bertz CT molecular complexity index is 553. The van der Waals surface area contributed by atoms with Gasteiger partial charge < -0.3 is 9.80 Å². The molecule has 1 aliphatic rings. The number of nitrogens with zero attached hydrogens (tertiary/aromatic N) is 2. The molecule has 0 fully saturated rings. The Hall–Kier alpha value is -1.44. The van der Waals surface area contributed by atoms with Gasteiger partial charge in [-0.25, -0.2) is 0 Å². The zero-order valence-electron chi connectivity index (χ0n) is 20.7. The van der Waals surface area contributed by atoms with Crippen molar-refractivity contribution in [1.82, 2.24) is 9.80 Å². The molecule has 0 saturated heterocycles. The Labute approximate surface area is 194 Å². The molecule has 0 N–H and O–H groups in total. The van der Waals surface area contributed by atoms with Crippen LogP contribution in [0.25, 0.3) is 0 Å². The van der Waals surface area contributed by atoms with Gasteiger partial charge in [0.2, 0.25) is 0 Å². The lowest BCUT2D eigenvalue weighted by molar-refractivity contribution is 0.132. The monoisotopic (exact) mass is 426 g/mol. The van der Waals surface area contributed by atoms with Gasteiger partial charge in [-0.3, -0.25) is 0 Å². The molecule has 1 atom stereocenters. The summed E-state index contributed by atoms with van der Waals surface area (Å²) in [6.07, 6.45) is 27.5. The number of hydrogen-bond acceptors (Lipinski definition) is 2. The van der Waals surface area contributed by atoms with Crippen molar-refractivity contribution in [3.8, 4) is 0 Å². The molecule has 1 aromatic rings. The summed E-state index contributed by atoms with van der Waals surface area (Å²) in [7, 11) is 0. The van der Waals surface area contributed by atoms with E-state index in [-0.39, 0.29) is 0 Å². The Morgan fingerprint density at radius 3 is 1.71 bits per heavy atom. The summed E-state index contributed by atoms with van der Waals surface area (Å²) in [4.78, 5) is 5.22. The topological polar surface area (TPSA) is 6.48 Å². The lowest BCUT2D eigenvalue weighted by Gasteiger charge is -2.33. The van der Waals surface area contributed by atoms with Gasteiger partial charge in [0.25, 0.3) is 0 Å². The van der Waals surface area contributed by atoms with Crippen molar-refractivity contribution < 1.29 is 0 Å². The highest BCUT2D eigenvalue weighted by Gasteiger charge is 2.25. The maximum atomic E-state index is 2.64. The quantitative estimate of drug-likeness (QED) is 0.204. The summed E-state index contributed by atoms with van der Waals surface area (Å²) in [5, 5.41) is 0. The van der Waals surface area contributed by atoms with E-state index in [1.54, 1.807) is 0 Å². The van der Waals surface area contributed by atoms with Crippen LogP contribution in [0.2, 0.25) is 0 Å². The summed E-state index contributed by atoms with van der Waals surface area (Å²) in [5.41, 5.74) is 1.42. The fourth-order valence-electron chi connectivity index (χ4n) is 4.78. The summed E-state index contributed by atoms with van der Waals surface area (Å²) in [5.74, 6) is 0. The van der Waals surface area contributed by atoms with E-state index >= 15 is 0 Å². The molecule has 31 heavy (non-hydrogen) atoms. The van der Waals surface area contributed by atoms with Gasteiger partial charge in [-0.05, 0) is 24.8 Å². The minimum atomic E-state index is 0.556. The second kappa shape index (κ2) is 17.2. The molecule has 2 heteroatoms. The van der Waals surface area contributed by atoms with Crippen LogP contribution in [0.4, 0.5) is 0 Å². The van der Waals surface area contributed by atoms with Gasteiger partial charge in [0.05, 0.1) is 0 Å². The van der Waals surface area contributed by atoms with Gasteiger partial charge in [-0.15, -0.1) is 0 Å². The van der Waals surface area contributed by atoms with Crippen LogP contribution in [0.3, 0.4) is 0 Å². The molecule has 0 bridgehead atoms. The molecule has 176 valence electrons. The first kappa shape index (κ1) is 25.8. The molecule has 0 aromatic heterocycles. The molecule has 1 unspecified atom stereocenters. The number of rotatable bonds is 19. The molecule has 2 rings (SSSR count). The predicted octanol–water partition coefficient (Wildman–Crippen LogP) is 8.88. The minimum absolute atomic E-state index is 0.556. The first-order valence-corrected chi connectivity index (χ1v) is 13.6. The third-order valence-corrected chi connectivity index (χ3v) is 6.76. The maximum absolute atomic E-state index is 2.64. The first-order valence-electron chi connectivity index (χ1n) is 13.6. The van der Waals surface area contributed by atoms with Crippen LogP contribution in [-0.2, 0) is 6.54 Å². The lowest BCUT2D eigenvalue weighted by atomic mass is 10.1. The highest BCUT2D eigenvalue weighted by atomic mass is 15.4. The third kappa shape index (κ3) is 11.1. The Morgan fingerprint density at radius 1 is 0.581 bits per heavy atom. The fraction of sp³-hybridized carbons (Fsp3) is 0.724. The number of hydrogen-bond donors (Lipinski definition) is 0. The summed E-state index contributed by atoms with van der Waals surface area (Å²) < 4.78 is 0. The Kier molecular flexibility index (Phi) is 14.3. The summed E-state index contributed by atoms with van der Waals surface area (Å²) in [6, 6.07) is 11.0. The van der Waals surface area contributed by atoms with E-state index in [4.69, 9.17) is 0 Å². The highest BCUT2D eigenvalue weighted by Crippen LogP contribution is 2.25. The van der Waals surface area contributed by atoms with Gasteiger partial charge in [-0.1, -0.05) is 128 Å². The van der Waals surface area contributed by atoms with Gasteiger partial charge in [0.15, 0.2) is 0 Å². The maximum Gasteiger partial charge on any atom is 0.101 e. The van der Waals surface area contributed by atoms with Crippen LogP contribution >= 0.6 is 0 Å². The second-order valence-electron chi connectivity index (χ2n) is 9.56. The van der Waals surface area contributed by atoms with Crippen molar-refractivity contribution >= 4 is 0 Å². The van der Waals surface area contributed by atoms with Gasteiger partial charge in [0.1, 0.15) is 6.17 Å². The number of unbranched alkanes of at least 4 members (excludes halogenated alkanes) is 13. The van der Waals surface area contributed by atoms with E-state index in [0.29, 0.717) is 6.17 Å². The third-order valence-electron chi connectivity index (χ3n) is 6.76. The highest BCUT2D eigenvalue weighted by molar-refractivity contribution is 5.15.